The number of nitrogens with one attached hydrogen (secondary N) is 1. The van der Waals surface area contributed by atoms with Crippen molar-refractivity contribution >= 4 is 16.6 Å². The maximum Gasteiger partial charge on any atom is 0.331 e. The van der Waals surface area contributed by atoms with Gasteiger partial charge in [0.05, 0.1) is 39.7 Å². The molecule has 1 atom stereocenters. The molecule has 0 saturated carbocycles. The third kappa shape index (κ3) is 2.98. The Morgan fingerprint density at radius 1 is 0.886 bits per heavy atom. The van der Waals surface area contributed by atoms with E-state index in [1.807, 2.05) is 61.5 Å². The molecule has 1 unspecified atom stereocenters. The number of phenolic OH excluding ortho intramolecular Hbond substituents is 1. The van der Waals surface area contributed by atoms with Gasteiger partial charge >= 0.3 is 5.69 Å². The van der Waals surface area contributed by atoms with Crippen LogP contribution in [0.1, 0.15) is 22.9 Å². The number of hydrogen-bond acceptors (Lipinski definition) is 4. The van der Waals surface area contributed by atoms with Crippen molar-refractivity contribution in [1.82, 2.24) is 13.7 Å². The number of nitrogens with zero attached hydrogens (tertiary/aromatic N) is 3. The van der Waals surface area contributed by atoms with Gasteiger partial charge in [-0.15, -0.1) is 0 Å². The highest BCUT2D eigenvalue weighted by Gasteiger charge is 2.34. The number of rotatable bonds is 2. The van der Waals surface area contributed by atoms with E-state index in [1.165, 1.54) is 7.05 Å². The number of benzene rings is 3. The molecule has 0 bridgehead atoms. The molecule has 1 aliphatic rings. The molecule has 0 radical (unpaired) electrons. The van der Waals surface area contributed by atoms with Crippen LogP contribution in [0.25, 0.3) is 27.8 Å². The molecular formula is C28H24N4O3. The molecule has 3 heterocycles. The van der Waals surface area contributed by atoms with E-state index in [0.29, 0.717) is 10.9 Å². The Kier molecular flexibility index (Phi) is 4.51. The van der Waals surface area contributed by atoms with E-state index >= 15 is 0 Å². The van der Waals surface area contributed by atoms with Crippen LogP contribution in [0.4, 0.5) is 5.69 Å². The first kappa shape index (κ1) is 21.0. The van der Waals surface area contributed by atoms with Crippen molar-refractivity contribution in [2.24, 2.45) is 14.1 Å². The first-order chi connectivity index (χ1) is 16.9. The number of aromatic nitrogens is 3. The van der Waals surface area contributed by atoms with Crippen molar-refractivity contribution in [2.45, 2.75) is 13.0 Å². The zero-order chi connectivity index (χ0) is 24.4. The molecule has 7 heteroatoms. The molecule has 0 saturated heterocycles. The lowest BCUT2D eigenvalue weighted by atomic mass is 9.99. The summed E-state index contributed by atoms with van der Waals surface area (Å²) in [4.78, 5) is 26.7. The highest BCUT2D eigenvalue weighted by atomic mass is 16.3. The van der Waals surface area contributed by atoms with Crippen LogP contribution in [-0.4, -0.2) is 18.8 Å². The van der Waals surface area contributed by atoms with Crippen molar-refractivity contribution in [3.8, 4) is 22.7 Å². The summed E-state index contributed by atoms with van der Waals surface area (Å²) >= 11 is 0. The second-order valence-corrected chi connectivity index (χ2v) is 9.05. The Morgan fingerprint density at radius 3 is 2.37 bits per heavy atom. The van der Waals surface area contributed by atoms with Crippen LogP contribution in [0.5, 0.6) is 5.75 Å². The highest BCUT2D eigenvalue weighted by Crippen LogP contribution is 2.45. The molecular weight excluding hydrogens is 440 g/mol. The first-order valence-electron chi connectivity index (χ1n) is 11.4. The van der Waals surface area contributed by atoms with E-state index in [9.17, 15) is 14.7 Å². The number of hydrogen-bond donors (Lipinski definition) is 2. The van der Waals surface area contributed by atoms with Gasteiger partial charge in [-0.05, 0) is 42.3 Å². The van der Waals surface area contributed by atoms with Crippen molar-refractivity contribution in [1.29, 1.82) is 0 Å². The fraction of sp³-hybridized carbons (Fsp3) is 0.143. The largest absolute Gasteiger partial charge is 0.508 e. The van der Waals surface area contributed by atoms with Gasteiger partial charge in [-0.2, -0.15) is 0 Å². The molecule has 174 valence electrons. The van der Waals surface area contributed by atoms with Crippen LogP contribution >= 0.6 is 0 Å². The fourth-order valence-electron chi connectivity index (χ4n) is 5.16. The van der Waals surface area contributed by atoms with Crippen molar-refractivity contribution in [3.63, 3.8) is 0 Å². The third-order valence-corrected chi connectivity index (χ3v) is 6.86. The fourth-order valence-corrected chi connectivity index (χ4v) is 5.16. The van der Waals surface area contributed by atoms with Gasteiger partial charge in [-0.25, -0.2) is 4.79 Å². The summed E-state index contributed by atoms with van der Waals surface area (Å²) in [5.74, 6) is 0.147. The van der Waals surface area contributed by atoms with Gasteiger partial charge < -0.3 is 15.0 Å². The van der Waals surface area contributed by atoms with Gasteiger partial charge in [-0.3, -0.25) is 13.9 Å². The minimum Gasteiger partial charge on any atom is -0.508 e. The lowest BCUT2D eigenvalue weighted by Gasteiger charge is -2.31. The molecule has 0 fully saturated rings. The number of anilines is 1. The van der Waals surface area contributed by atoms with Crippen LogP contribution in [0.15, 0.2) is 82.4 Å². The SMILES string of the molecule is Cc1ccc(-c2c3c(=O)n(C)c(=O)n(C)c3c3n2-c2ccccc2NC3c2cccc(O)c2)cc1. The zero-order valence-corrected chi connectivity index (χ0v) is 19.6. The third-order valence-electron chi connectivity index (χ3n) is 6.86. The van der Waals surface area contributed by atoms with Crippen LogP contribution in [0.2, 0.25) is 0 Å². The number of para-hydroxylation sites is 2. The Bertz CT molecular complexity index is 1760. The van der Waals surface area contributed by atoms with Gasteiger partial charge in [-0.1, -0.05) is 54.1 Å². The van der Waals surface area contributed by atoms with Gasteiger partial charge in [0, 0.05) is 14.1 Å². The minimum atomic E-state index is -0.406. The summed E-state index contributed by atoms with van der Waals surface area (Å²) in [6, 6.07) is 22.6. The second kappa shape index (κ2) is 7.50. The smallest absolute Gasteiger partial charge is 0.331 e. The lowest BCUT2D eigenvalue weighted by molar-refractivity contribution is 0.474. The molecule has 2 aromatic heterocycles. The van der Waals surface area contributed by atoms with Crippen LogP contribution in [0, 0.1) is 6.92 Å². The Hall–Kier alpha value is -4.52. The van der Waals surface area contributed by atoms with Crippen molar-refractivity contribution in [3.05, 3.63) is 110 Å². The molecule has 0 amide bonds. The predicted octanol–water partition coefficient (Wildman–Crippen LogP) is 4.22. The van der Waals surface area contributed by atoms with Crippen molar-refractivity contribution < 1.29 is 5.11 Å². The Balaban J connectivity index is 1.86. The van der Waals surface area contributed by atoms with Crippen LogP contribution < -0.4 is 16.6 Å². The summed E-state index contributed by atoms with van der Waals surface area (Å²) in [6.45, 7) is 2.02. The van der Waals surface area contributed by atoms with E-state index in [1.54, 1.807) is 29.8 Å². The van der Waals surface area contributed by atoms with Gasteiger partial charge in [0.1, 0.15) is 5.75 Å². The maximum atomic E-state index is 13.7. The van der Waals surface area contributed by atoms with Crippen molar-refractivity contribution in [2.75, 3.05) is 5.32 Å². The van der Waals surface area contributed by atoms with E-state index in [4.69, 9.17) is 0 Å². The number of phenols is 1. The Morgan fingerprint density at radius 2 is 1.63 bits per heavy atom. The molecule has 3 aromatic carbocycles. The average molecular weight is 465 g/mol. The van der Waals surface area contributed by atoms with E-state index in [2.05, 4.69) is 9.88 Å². The van der Waals surface area contributed by atoms with Crippen LogP contribution in [0.3, 0.4) is 0 Å². The molecule has 0 aliphatic carbocycles. The molecule has 6 rings (SSSR count). The van der Waals surface area contributed by atoms with E-state index in [-0.39, 0.29) is 17.0 Å². The molecule has 5 aromatic rings. The summed E-state index contributed by atoms with van der Waals surface area (Å²) < 4.78 is 4.80. The minimum absolute atomic E-state index is 0.147. The van der Waals surface area contributed by atoms with E-state index in [0.717, 1.165) is 44.0 Å². The quantitative estimate of drug-likeness (QED) is 0.410. The monoisotopic (exact) mass is 464 g/mol. The highest BCUT2D eigenvalue weighted by molar-refractivity contribution is 5.99. The normalized spacial score (nSPS) is 14.4. The topological polar surface area (TPSA) is 81.2 Å². The molecule has 2 N–H and O–H groups in total. The first-order valence-corrected chi connectivity index (χ1v) is 11.4. The Labute approximate surface area is 201 Å². The molecule has 1 aliphatic heterocycles. The maximum absolute atomic E-state index is 13.7. The van der Waals surface area contributed by atoms with Crippen LogP contribution in [-0.2, 0) is 14.1 Å². The second-order valence-electron chi connectivity index (χ2n) is 9.05. The summed E-state index contributed by atoms with van der Waals surface area (Å²) in [6.07, 6.45) is 0. The summed E-state index contributed by atoms with van der Waals surface area (Å²) in [5, 5.41) is 14.3. The standard InChI is InChI=1S/C28H24N4O3/c1-16-11-13-17(14-12-16)24-22-25(30(2)28(35)31(3)27(22)34)26-23(18-7-6-8-19(33)15-18)29-20-9-4-5-10-21(20)32(24)26/h4-15,23,29,33H,1-3H3. The number of aromatic hydroxyl groups is 1. The molecule has 7 nitrogen and oxygen atoms in total. The van der Waals surface area contributed by atoms with Gasteiger partial charge in [0.2, 0.25) is 0 Å². The van der Waals surface area contributed by atoms with E-state index < -0.39 is 6.04 Å². The summed E-state index contributed by atoms with van der Waals surface area (Å²) in [5.41, 5.74) is 5.96. The molecule has 35 heavy (non-hydrogen) atoms. The molecule has 0 spiro atoms. The number of fused-ring (bicyclic) bond motifs is 5. The zero-order valence-electron chi connectivity index (χ0n) is 19.6. The van der Waals surface area contributed by atoms with Gasteiger partial charge in [0.25, 0.3) is 5.56 Å². The average Bonchev–Trinajstić information content (AvgIpc) is 3.23. The lowest BCUT2D eigenvalue weighted by Crippen LogP contribution is -2.37. The number of aryl methyl sites for hydroxylation is 2. The summed E-state index contributed by atoms with van der Waals surface area (Å²) in [7, 11) is 3.21. The van der Waals surface area contributed by atoms with Gasteiger partial charge in [0.15, 0.2) is 0 Å². The predicted molar refractivity (Wildman–Crippen MR) is 138 cm³/mol.